The van der Waals surface area contributed by atoms with E-state index in [4.69, 9.17) is 5.11 Å². The summed E-state index contributed by atoms with van der Waals surface area (Å²) in [6.07, 6.45) is 0. The molecule has 1 heterocycles. The zero-order chi connectivity index (χ0) is 29.0. The second kappa shape index (κ2) is 12.1. The van der Waals surface area contributed by atoms with Crippen molar-refractivity contribution >= 4 is 57.7 Å². The van der Waals surface area contributed by atoms with Crippen LogP contribution in [0.2, 0.25) is 0 Å². The molecular formula is C29H25N3O6S2. The molecule has 0 saturated heterocycles. The van der Waals surface area contributed by atoms with E-state index in [0.717, 1.165) is 33.8 Å². The highest BCUT2D eigenvalue weighted by Gasteiger charge is 2.21. The Morgan fingerprint density at radius 2 is 1.60 bits per heavy atom. The average Bonchev–Trinajstić information content (AvgIpc) is 3.28. The topological polar surface area (TPSA) is 146 Å². The molecule has 0 radical (unpaired) electrons. The van der Waals surface area contributed by atoms with Crippen molar-refractivity contribution in [2.75, 3.05) is 10.6 Å². The van der Waals surface area contributed by atoms with Gasteiger partial charge in [-0.15, -0.1) is 23.1 Å². The lowest BCUT2D eigenvalue weighted by Crippen LogP contribution is -2.22. The average molecular weight is 576 g/mol. The van der Waals surface area contributed by atoms with Gasteiger partial charge in [-0.05, 0) is 57.2 Å². The van der Waals surface area contributed by atoms with Crippen LogP contribution in [-0.2, 0) is 4.79 Å². The minimum Gasteiger partial charge on any atom is -0.478 e. The first kappa shape index (κ1) is 28.5. The lowest BCUT2D eigenvalue weighted by molar-refractivity contribution is -0.115. The fraction of sp³-hybridized carbons (Fsp3) is 0.138. The van der Waals surface area contributed by atoms with E-state index in [-0.39, 0.29) is 17.0 Å². The quantitative estimate of drug-likeness (QED) is 0.173. The number of amides is 2. The number of hydrogen-bond acceptors (Lipinski definition) is 7. The number of aromatic carboxylic acids is 2. The molecular weight excluding hydrogens is 550 g/mol. The molecule has 4 aromatic rings. The molecule has 0 saturated carbocycles. The number of thioether (sulfide) groups is 1. The summed E-state index contributed by atoms with van der Waals surface area (Å²) in [6, 6.07) is 18.1. The molecule has 4 rings (SSSR count). The molecule has 0 bridgehead atoms. The maximum absolute atomic E-state index is 12.9. The van der Waals surface area contributed by atoms with E-state index in [0.29, 0.717) is 15.7 Å². The van der Waals surface area contributed by atoms with Gasteiger partial charge in [0.1, 0.15) is 0 Å². The molecule has 40 heavy (non-hydrogen) atoms. The zero-order valence-corrected chi connectivity index (χ0v) is 23.4. The summed E-state index contributed by atoms with van der Waals surface area (Å²) in [7, 11) is 0. The van der Waals surface area contributed by atoms with Crippen molar-refractivity contribution in [3.63, 3.8) is 0 Å². The van der Waals surface area contributed by atoms with Gasteiger partial charge in [0, 0.05) is 21.0 Å². The highest BCUT2D eigenvalue weighted by Crippen LogP contribution is 2.32. The number of nitrogens with zero attached hydrogens (tertiary/aromatic N) is 1. The van der Waals surface area contributed by atoms with Gasteiger partial charge in [-0.3, -0.25) is 9.59 Å². The van der Waals surface area contributed by atoms with Crippen molar-refractivity contribution in [3.8, 4) is 11.3 Å². The van der Waals surface area contributed by atoms with E-state index in [1.165, 1.54) is 29.2 Å². The fourth-order valence-corrected chi connectivity index (χ4v) is 5.56. The van der Waals surface area contributed by atoms with Gasteiger partial charge in [-0.2, -0.15) is 0 Å². The highest BCUT2D eigenvalue weighted by molar-refractivity contribution is 8.00. The third-order valence-corrected chi connectivity index (χ3v) is 7.85. The van der Waals surface area contributed by atoms with Gasteiger partial charge < -0.3 is 20.8 Å². The molecule has 9 nitrogen and oxygen atoms in total. The number of nitrogens with one attached hydrogen (secondary N) is 2. The number of benzene rings is 3. The fourth-order valence-electron chi connectivity index (χ4n) is 3.79. The zero-order valence-electron chi connectivity index (χ0n) is 21.7. The largest absolute Gasteiger partial charge is 0.478 e. The molecule has 204 valence electrons. The van der Waals surface area contributed by atoms with Crippen LogP contribution < -0.4 is 10.6 Å². The predicted octanol–water partition coefficient (Wildman–Crippen LogP) is 6.19. The van der Waals surface area contributed by atoms with Gasteiger partial charge in [0.05, 0.1) is 27.6 Å². The van der Waals surface area contributed by atoms with E-state index in [9.17, 15) is 24.3 Å². The molecule has 1 unspecified atom stereocenters. The Morgan fingerprint density at radius 1 is 0.875 bits per heavy atom. The van der Waals surface area contributed by atoms with Gasteiger partial charge >= 0.3 is 11.9 Å². The summed E-state index contributed by atoms with van der Waals surface area (Å²) in [4.78, 5) is 54.8. The molecule has 3 aromatic carbocycles. The molecule has 0 aliphatic rings. The number of carbonyl (C=O) groups is 4. The Bertz CT molecular complexity index is 1610. The van der Waals surface area contributed by atoms with Crippen LogP contribution >= 0.6 is 23.1 Å². The van der Waals surface area contributed by atoms with Crippen LogP contribution in [0.1, 0.15) is 48.4 Å². The predicted molar refractivity (Wildman–Crippen MR) is 156 cm³/mol. The van der Waals surface area contributed by atoms with Gasteiger partial charge in [-0.1, -0.05) is 35.9 Å². The molecule has 1 atom stereocenters. The molecule has 11 heteroatoms. The lowest BCUT2D eigenvalue weighted by atomic mass is 10.0. The maximum atomic E-state index is 12.9. The number of carboxylic acid groups (broad SMARTS) is 2. The monoisotopic (exact) mass is 575 g/mol. The number of hydrogen-bond donors (Lipinski definition) is 4. The Balaban J connectivity index is 1.42. The number of anilines is 2. The van der Waals surface area contributed by atoms with Crippen LogP contribution in [0, 0.1) is 13.8 Å². The Kier molecular flexibility index (Phi) is 8.66. The maximum Gasteiger partial charge on any atom is 0.336 e. The van der Waals surface area contributed by atoms with Crippen LogP contribution in [0.4, 0.5) is 10.8 Å². The van der Waals surface area contributed by atoms with E-state index in [1.807, 2.05) is 38.1 Å². The van der Waals surface area contributed by atoms with Gasteiger partial charge in [0.25, 0.3) is 5.91 Å². The molecule has 0 aliphatic carbocycles. The minimum absolute atomic E-state index is 0.174. The first-order valence-corrected chi connectivity index (χ1v) is 13.8. The molecule has 0 spiro atoms. The minimum atomic E-state index is -1.42. The summed E-state index contributed by atoms with van der Waals surface area (Å²) < 4.78 is 0. The van der Waals surface area contributed by atoms with Crippen molar-refractivity contribution in [3.05, 3.63) is 93.9 Å². The van der Waals surface area contributed by atoms with E-state index >= 15 is 0 Å². The van der Waals surface area contributed by atoms with Crippen molar-refractivity contribution in [1.29, 1.82) is 0 Å². The number of carboxylic acids is 2. The summed E-state index contributed by atoms with van der Waals surface area (Å²) in [5, 5.41) is 24.1. The lowest BCUT2D eigenvalue weighted by Gasteiger charge is -2.12. The van der Waals surface area contributed by atoms with Crippen molar-refractivity contribution in [2.24, 2.45) is 0 Å². The summed E-state index contributed by atoms with van der Waals surface area (Å²) in [6.45, 7) is 5.74. The number of carbonyl (C=O) groups excluding carboxylic acids is 2. The summed E-state index contributed by atoms with van der Waals surface area (Å²) >= 11 is 2.69. The standard InChI is InChI=1S/C29H25N3O6S2/c1-15-7-9-18(10-8-15)24-16(2)40-29(31-24)32-25(33)17(3)39-21-6-4-5-20(14-21)30-26(34)22-12-11-19(27(35)36)13-23(22)28(37)38/h4-14,17H,1-3H3,(H,30,34)(H,35,36)(H,37,38)(H,31,32,33). The van der Waals surface area contributed by atoms with Gasteiger partial charge in [-0.25, -0.2) is 14.6 Å². The molecule has 1 aromatic heterocycles. The first-order chi connectivity index (χ1) is 19.0. The number of aromatic nitrogens is 1. The van der Waals surface area contributed by atoms with Crippen LogP contribution in [-0.4, -0.2) is 44.2 Å². The number of rotatable bonds is 9. The molecule has 4 N–H and O–H groups in total. The molecule has 0 fully saturated rings. The van der Waals surface area contributed by atoms with E-state index < -0.39 is 28.7 Å². The second-order valence-electron chi connectivity index (χ2n) is 8.89. The van der Waals surface area contributed by atoms with Gasteiger partial charge in [0.2, 0.25) is 5.91 Å². The normalized spacial score (nSPS) is 11.5. The van der Waals surface area contributed by atoms with Crippen LogP contribution in [0.15, 0.2) is 71.6 Å². The molecule has 2 amide bonds. The van der Waals surface area contributed by atoms with Crippen molar-refractivity contribution in [1.82, 2.24) is 4.98 Å². The van der Waals surface area contributed by atoms with Gasteiger partial charge in [0.15, 0.2) is 5.13 Å². The Labute approximate surface area is 238 Å². The smallest absolute Gasteiger partial charge is 0.336 e. The van der Waals surface area contributed by atoms with Crippen LogP contribution in [0.25, 0.3) is 11.3 Å². The number of aryl methyl sites for hydroxylation is 2. The van der Waals surface area contributed by atoms with Crippen molar-refractivity contribution in [2.45, 2.75) is 30.9 Å². The summed E-state index contributed by atoms with van der Waals surface area (Å²) in [5.74, 6) is -3.65. The number of thiazole rings is 1. The molecule has 0 aliphatic heterocycles. The third kappa shape index (κ3) is 6.74. The Morgan fingerprint density at radius 3 is 2.27 bits per heavy atom. The third-order valence-electron chi connectivity index (χ3n) is 5.87. The first-order valence-electron chi connectivity index (χ1n) is 12.1. The van der Waals surface area contributed by atoms with E-state index in [2.05, 4.69) is 15.6 Å². The summed E-state index contributed by atoms with van der Waals surface area (Å²) in [5.41, 5.74) is 2.52. The Hall–Kier alpha value is -4.48. The highest BCUT2D eigenvalue weighted by atomic mass is 32.2. The van der Waals surface area contributed by atoms with E-state index in [1.54, 1.807) is 31.2 Å². The van der Waals surface area contributed by atoms with Crippen LogP contribution in [0.3, 0.4) is 0 Å². The van der Waals surface area contributed by atoms with Crippen LogP contribution in [0.5, 0.6) is 0 Å². The van der Waals surface area contributed by atoms with Crippen molar-refractivity contribution < 1.29 is 29.4 Å². The SMILES string of the molecule is Cc1ccc(-c2nc(NC(=O)C(C)Sc3cccc(NC(=O)c4ccc(C(=O)O)cc4C(=O)O)c3)sc2C)cc1. The second-order valence-corrected chi connectivity index (χ2v) is 11.5.